The van der Waals surface area contributed by atoms with E-state index in [0.717, 1.165) is 53.7 Å². The van der Waals surface area contributed by atoms with E-state index in [2.05, 4.69) is 37.0 Å². The number of thiophene rings is 1. The molecule has 8 heteroatoms. The van der Waals surface area contributed by atoms with Crippen molar-refractivity contribution in [3.63, 3.8) is 0 Å². The molecule has 7 nitrogen and oxygen atoms in total. The molecular formula is C42H57NO6S. The van der Waals surface area contributed by atoms with E-state index in [4.69, 9.17) is 9.47 Å². The minimum Gasteiger partial charge on any atom is -0.393 e. The fourth-order valence-electron chi connectivity index (χ4n) is 8.16. The summed E-state index contributed by atoms with van der Waals surface area (Å²) in [5.74, 6) is -0.0436. The first-order valence-electron chi connectivity index (χ1n) is 18.3. The Balaban J connectivity index is 1.45. The molecule has 5 atom stereocenters. The van der Waals surface area contributed by atoms with Crippen molar-refractivity contribution in [2.24, 2.45) is 5.41 Å². The predicted octanol–water partition coefficient (Wildman–Crippen LogP) is 7.24. The van der Waals surface area contributed by atoms with E-state index in [-0.39, 0.29) is 18.3 Å². The molecule has 1 saturated carbocycles. The fourth-order valence-corrected chi connectivity index (χ4v) is 8.98. The first kappa shape index (κ1) is 38.5. The van der Waals surface area contributed by atoms with Crippen molar-refractivity contribution in [2.45, 2.75) is 102 Å². The van der Waals surface area contributed by atoms with Gasteiger partial charge in [0.1, 0.15) is 0 Å². The van der Waals surface area contributed by atoms with Crippen molar-refractivity contribution < 1.29 is 29.6 Å². The molecule has 0 radical (unpaired) electrons. The van der Waals surface area contributed by atoms with Crippen LogP contribution in [0.2, 0.25) is 0 Å². The van der Waals surface area contributed by atoms with Crippen LogP contribution in [0, 0.1) is 12.3 Å². The summed E-state index contributed by atoms with van der Waals surface area (Å²) in [6.07, 6.45) is 6.69. The number of methoxy groups -OCH3 is 1. The normalized spacial score (nSPS) is 24.9. The zero-order valence-corrected chi connectivity index (χ0v) is 31.2. The molecule has 1 fully saturated rings. The van der Waals surface area contributed by atoms with E-state index >= 15 is 0 Å². The lowest BCUT2D eigenvalue weighted by Crippen LogP contribution is -2.54. The van der Waals surface area contributed by atoms with Gasteiger partial charge in [-0.1, -0.05) is 61.0 Å². The van der Waals surface area contributed by atoms with Gasteiger partial charge in [0.2, 0.25) is 5.78 Å². The van der Waals surface area contributed by atoms with Gasteiger partial charge in [-0.15, -0.1) is 11.3 Å². The van der Waals surface area contributed by atoms with Gasteiger partial charge in [-0.2, -0.15) is 0 Å². The number of aliphatic hydroxyl groups excluding tert-OH is 2. The van der Waals surface area contributed by atoms with Crippen molar-refractivity contribution >= 4 is 17.1 Å². The average molecular weight is 704 g/mol. The number of carbonyl (C=O) groups excluding carboxylic acids is 1. The third-order valence-electron chi connectivity index (χ3n) is 11.1. The summed E-state index contributed by atoms with van der Waals surface area (Å²) in [5, 5.41) is 35.0. The van der Waals surface area contributed by atoms with Gasteiger partial charge in [-0.25, -0.2) is 0 Å². The zero-order chi connectivity index (χ0) is 35.7. The number of hydrogen-bond acceptors (Lipinski definition) is 8. The van der Waals surface area contributed by atoms with Gasteiger partial charge in [0.25, 0.3) is 0 Å². The van der Waals surface area contributed by atoms with Gasteiger partial charge >= 0.3 is 0 Å². The number of aliphatic hydroxyl groups is 3. The van der Waals surface area contributed by atoms with Crippen LogP contribution in [0.25, 0.3) is 0 Å². The van der Waals surface area contributed by atoms with Crippen LogP contribution in [0.15, 0.2) is 72.3 Å². The minimum atomic E-state index is -1.07. The molecule has 3 aliphatic rings. The van der Waals surface area contributed by atoms with E-state index in [0.29, 0.717) is 62.6 Å². The highest BCUT2D eigenvalue weighted by atomic mass is 32.1. The number of aryl methyl sites for hydroxylation is 1. The Labute approximate surface area is 303 Å². The summed E-state index contributed by atoms with van der Waals surface area (Å²) >= 11 is 1.51. The Morgan fingerprint density at radius 3 is 2.62 bits per heavy atom. The van der Waals surface area contributed by atoms with Crippen molar-refractivity contribution in [1.82, 2.24) is 4.90 Å². The van der Waals surface area contributed by atoms with Crippen LogP contribution in [-0.2, 0) is 22.5 Å². The maximum atomic E-state index is 14.2. The maximum Gasteiger partial charge on any atom is 0.203 e. The number of fused-ring (bicyclic) bond motifs is 8. The summed E-state index contributed by atoms with van der Waals surface area (Å²) in [7, 11) is 1.69. The molecule has 2 aromatic carbocycles. The van der Waals surface area contributed by atoms with E-state index in [1.165, 1.54) is 16.9 Å². The van der Waals surface area contributed by atoms with Crippen molar-refractivity contribution in [3.8, 4) is 0 Å². The lowest BCUT2D eigenvalue weighted by Gasteiger charge is -2.46. The van der Waals surface area contributed by atoms with Gasteiger partial charge in [-0.05, 0) is 106 Å². The van der Waals surface area contributed by atoms with Crippen LogP contribution in [0.5, 0.6) is 0 Å². The molecule has 0 spiro atoms. The smallest absolute Gasteiger partial charge is 0.203 e. The van der Waals surface area contributed by atoms with E-state index in [1.807, 2.05) is 55.5 Å². The highest BCUT2D eigenvalue weighted by molar-refractivity contribution is 7.14. The second-order valence-electron chi connectivity index (χ2n) is 14.9. The average Bonchev–Trinajstić information content (AvgIpc) is 3.63. The molecule has 272 valence electrons. The lowest BCUT2D eigenvalue weighted by molar-refractivity contribution is -0.0913. The van der Waals surface area contributed by atoms with Crippen LogP contribution < -0.4 is 0 Å². The Morgan fingerprint density at radius 2 is 1.88 bits per heavy atom. The molecule has 50 heavy (non-hydrogen) atoms. The van der Waals surface area contributed by atoms with Crippen LogP contribution in [-0.4, -0.2) is 83.8 Å². The molecule has 3 N–H and O–H groups in total. The number of benzene rings is 2. The SMILES string of the molecule is COCCCN(CC(O)COCc1ccccc1)CC1(O)CCC2c3ccc(cc3C(=O)c3ccc(C)s3)CC(O)CCC(C)=CCCC21C. The molecule has 0 aliphatic heterocycles. The Kier molecular flexibility index (Phi) is 13.6. The molecular weight excluding hydrogens is 647 g/mol. The lowest BCUT2D eigenvalue weighted by atomic mass is 9.64. The largest absolute Gasteiger partial charge is 0.393 e. The summed E-state index contributed by atoms with van der Waals surface area (Å²) < 4.78 is 11.3. The summed E-state index contributed by atoms with van der Waals surface area (Å²) in [6.45, 7) is 9.04. The van der Waals surface area contributed by atoms with E-state index in [9.17, 15) is 20.1 Å². The second kappa shape index (κ2) is 17.7. The molecule has 0 amide bonds. The first-order valence-corrected chi connectivity index (χ1v) is 19.1. The van der Waals surface area contributed by atoms with Crippen LogP contribution in [0.4, 0.5) is 0 Å². The van der Waals surface area contributed by atoms with Gasteiger partial charge in [0, 0.05) is 49.2 Å². The zero-order valence-electron chi connectivity index (χ0n) is 30.4. The van der Waals surface area contributed by atoms with Crippen LogP contribution >= 0.6 is 11.3 Å². The van der Waals surface area contributed by atoms with Gasteiger partial charge < -0.3 is 24.8 Å². The van der Waals surface area contributed by atoms with Gasteiger partial charge in [-0.3, -0.25) is 9.69 Å². The Morgan fingerprint density at radius 1 is 1.08 bits per heavy atom. The van der Waals surface area contributed by atoms with E-state index < -0.39 is 23.2 Å². The van der Waals surface area contributed by atoms with Crippen LogP contribution in [0.1, 0.15) is 102 Å². The minimum absolute atomic E-state index is 0.00915. The predicted molar refractivity (Wildman–Crippen MR) is 201 cm³/mol. The third-order valence-corrected chi connectivity index (χ3v) is 12.1. The van der Waals surface area contributed by atoms with Gasteiger partial charge in [0.15, 0.2) is 0 Å². The van der Waals surface area contributed by atoms with Crippen molar-refractivity contribution in [3.05, 3.63) is 104 Å². The Bertz CT molecular complexity index is 1570. The monoisotopic (exact) mass is 703 g/mol. The van der Waals surface area contributed by atoms with Crippen molar-refractivity contribution in [1.29, 1.82) is 0 Å². The summed E-state index contributed by atoms with van der Waals surface area (Å²) in [5.41, 5.74) is 3.32. The molecule has 0 saturated heterocycles. The molecule has 3 aromatic rings. The highest BCUT2D eigenvalue weighted by Gasteiger charge is 2.57. The van der Waals surface area contributed by atoms with Crippen molar-refractivity contribution in [2.75, 3.05) is 40.0 Å². The third kappa shape index (κ3) is 9.59. The highest BCUT2D eigenvalue weighted by Crippen LogP contribution is 2.59. The quantitative estimate of drug-likeness (QED) is 0.0925. The van der Waals surface area contributed by atoms with Gasteiger partial charge in [0.05, 0.1) is 35.9 Å². The second-order valence-corrected chi connectivity index (χ2v) is 16.2. The molecule has 6 rings (SSSR count). The molecule has 2 bridgehead atoms. The molecule has 3 aliphatic carbocycles. The maximum absolute atomic E-state index is 14.2. The molecule has 5 unspecified atom stereocenters. The summed E-state index contributed by atoms with van der Waals surface area (Å²) in [6, 6.07) is 20.0. The van der Waals surface area contributed by atoms with Crippen LogP contribution in [0.3, 0.4) is 0 Å². The number of carbonyl (C=O) groups is 1. The number of ether oxygens (including phenoxy) is 2. The molecule has 1 heterocycles. The topological polar surface area (TPSA) is 99.5 Å². The summed E-state index contributed by atoms with van der Waals surface area (Å²) in [4.78, 5) is 18.2. The molecule has 1 aromatic heterocycles. The Hall–Kier alpha value is -2.69. The number of nitrogens with zero attached hydrogens (tertiary/aromatic N) is 1. The van der Waals surface area contributed by atoms with E-state index in [1.54, 1.807) is 7.11 Å². The number of allylic oxidation sites excluding steroid dienone is 2. The number of ketones is 1. The number of hydrogen-bond donors (Lipinski definition) is 3. The number of rotatable bonds is 14. The first-order chi connectivity index (χ1) is 24.0. The fraction of sp³-hybridized carbons (Fsp3) is 0.548. The standard InChI is InChI=1S/C42H57NO6S/c1-30-10-8-20-41(3)38(36-17-15-33(24-34(44)16-13-30)25-37(36)40(46)39-18-14-31(2)50-39)19-21-42(41,47)29-43(22-9-23-48-4)26-35(45)28-49-27-32-11-6-5-7-12-32/h5-7,10-12,14-15,17-18,25,34-35,38,44-45,47H,8-9,13,16,19-24,26-29H2,1-4H3.